The Balaban J connectivity index is 3.38. The normalized spacial score (nSPS) is 13.1. The van der Waals surface area contributed by atoms with E-state index in [1.807, 2.05) is 0 Å². The summed E-state index contributed by atoms with van der Waals surface area (Å²) < 4.78 is 38.2. The number of rotatable bonds is 4. The first-order valence-electron chi connectivity index (χ1n) is 5.94. The Morgan fingerprint density at radius 3 is 2.00 bits per heavy atom. The number of anilines is 1. The lowest BCUT2D eigenvalue weighted by atomic mass is 10.0. The lowest BCUT2D eigenvalue weighted by Gasteiger charge is -2.32. The van der Waals surface area contributed by atoms with Crippen LogP contribution in [0.5, 0.6) is 0 Å². The molecule has 0 bridgehead atoms. The fraction of sp³-hybridized carbons (Fsp3) is 0.385. The van der Waals surface area contributed by atoms with Gasteiger partial charge in [0.2, 0.25) is 0 Å². The molecule has 0 aliphatic carbocycles. The van der Waals surface area contributed by atoms with Crippen LogP contribution in [-0.2, 0) is 9.59 Å². The minimum Gasteiger partial charge on any atom is -0.480 e. The van der Waals surface area contributed by atoms with Crippen LogP contribution in [0.15, 0.2) is 24.3 Å². The van der Waals surface area contributed by atoms with Crippen molar-refractivity contribution in [3.8, 4) is 0 Å². The van der Waals surface area contributed by atoms with Gasteiger partial charge in [-0.15, -0.1) is 0 Å². The number of benzene rings is 1. The molecule has 0 heterocycles. The van der Waals surface area contributed by atoms with Gasteiger partial charge in [-0.25, -0.2) is 4.79 Å². The fourth-order valence-electron chi connectivity index (χ4n) is 1.84. The highest BCUT2D eigenvalue weighted by atomic mass is 35.5. The summed E-state index contributed by atoms with van der Waals surface area (Å²) in [5.41, 5.74) is -0.178. The first-order valence-corrected chi connectivity index (χ1v) is 6.32. The molecule has 1 atom stereocenters. The van der Waals surface area contributed by atoms with E-state index >= 15 is 0 Å². The highest BCUT2D eigenvalue weighted by Gasteiger charge is 2.47. The number of aliphatic carboxylic acids is 1. The van der Waals surface area contributed by atoms with E-state index in [-0.39, 0.29) is 15.6 Å². The van der Waals surface area contributed by atoms with Crippen molar-refractivity contribution in [1.82, 2.24) is 0 Å². The van der Waals surface area contributed by atoms with E-state index in [0.717, 1.165) is 0 Å². The molecule has 0 fully saturated rings. The standard InChI is InChI=1S/C13H13ClF3NO3/c1-7(2)10(11(19)20)18(12(21)13(15,16)17)9-5-3-8(14)4-6-9/h3-7,10H,1-2H3,(H,19,20)/t10-/m0/s1. The van der Waals surface area contributed by atoms with Gasteiger partial charge in [0.05, 0.1) is 0 Å². The molecule has 0 saturated carbocycles. The minimum atomic E-state index is -5.18. The average molecular weight is 324 g/mol. The predicted molar refractivity (Wildman–Crippen MR) is 71.3 cm³/mol. The number of carbonyl (C=O) groups excluding carboxylic acids is 1. The number of hydrogen-bond acceptors (Lipinski definition) is 2. The Labute approximate surface area is 124 Å². The molecular formula is C13H13ClF3NO3. The fourth-order valence-corrected chi connectivity index (χ4v) is 1.96. The van der Waals surface area contributed by atoms with Crippen LogP contribution in [0, 0.1) is 5.92 Å². The molecule has 116 valence electrons. The second-order valence-corrected chi connectivity index (χ2v) is 5.11. The minimum absolute atomic E-state index is 0.178. The van der Waals surface area contributed by atoms with Crippen LogP contribution in [-0.4, -0.2) is 29.2 Å². The maximum absolute atomic E-state index is 12.7. The monoisotopic (exact) mass is 323 g/mol. The van der Waals surface area contributed by atoms with Gasteiger partial charge in [-0.05, 0) is 30.2 Å². The third-order valence-electron chi connectivity index (χ3n) is 2.73. The third kappa shape index (κ3) is 4.10. The van der Waals surface area contributed by atoms with E-state index in [1.54, 1.807) is 0 Å². The van der Waals surface area contributed by atoms with E-state index in [0.29, 0.717) is 0 Å². The van der Waals surface area contributed by atoms with Crippen molar-refractivity contribution in [3.05, 3.63) is 29.3 Å². The maximum Gasteiger partial charge on any atom is 0.471 e. The van der Waals surface area contributed by atoms with Crippen LogP contribution in [0.3, 0.4) is 0 Å². The number of hydrogen-bond donors (Lipinski definition) is 1. The molecule has 1 aromatic rings. The number of nitrogens with zero attached hydrogens (tertiary/aromatic N) is 1. The molecular weight excluding hydrogens is 311 g/mol. The molecule has 1 N–H and O–H groups in total. The van der Waals surface area contributed by atoms with Crippen LogP contribution in [0.1, 0.15) is 13.8 Å². The van der Waals surface area contributed by atoms with Gasteiger partial charge in [0, 0.05) is 10.7 Å². The smallest absolute Gasteiger partial charge is 0.471 e. The van der Waals surface area contributed by atoms with E-state index in [4.69, 9.17) is 16.7 Å². The van der Waals surface area contributed by atoms with E-state index in [1.165, 1.54) is 38.1 Å². The van der Waals surface area contributed by atoms with Gasteiger partial charge in [-0.2, -0.15) is 13.2 Å². The summed E-state index contributed by atoms with van der Waals surface area (Å²) in [6.07, 6.45) is -5.18. The molecule has 0 spiro atoms. The van der Waals surface area contributed by atoms with Crippen LogP contribution < -0.4 is 4.90 Å². The number of carboxylic acid groups (broad SMARTS) is 1. The van der Waals surface area contributed by atoms with Crippen molar-refractivity contribution in [2.75, 3.05) is 4.90 Å². The van der Waals surface area contributed by atoms with Crippen LogP contribution in [0.2, 0.25) is 5.02 Å². The van der Waals surface area contributed by atoms with E-state index in [9.17, 15) is 22.8 Å². The Kier molecular flexibility index (Phi) is 5.22. The Morgan fingerprint density at radius 2 is 1.67 bits per heavy atom. The summed E-state index contributed by atoms with van der Waals surface area (Å²) in [7, 11) is 0. The number of amides is 1. The Hall–Kier alpha value is -1.76. The van der Waals surface area contributed by atoms with Crippen molar-refractivity contribution < 1.29 is 27.9 Å². The predicted octanol–water partition coefficient (Wildman–Crippen LogP) is 3.34. The van der Waals surface area contributed by atoms with Gasteiger partial charge < -0.3 is 5.11 Å². The Morgan fingerprint density at radius 1 is 1.19 bits per heavy atom. The average Bonchev–Trinajstić information content (AvgIpc) is 2.34. The maximum atomic E-state index is 12.7. The van der Waals surface area contributed by atoms with Crippen molar-refractivity contribution in [1.29, 1.82) is 0 Å². The van der Waals surface area contributed by atoms with Gasteiger partial charge in [0.25, 0.3) is 0 Å². The molecule has 0 aliphatic heterocycles. The van der Waals surface area contributed by atoms with Crippen molar-refractivity contribution in [3.63, 3.8) is 0 Å². The summed E-state index contributed by atoms with van der Waals surface area (Å²) >= 11 is 5.65. The first kappa shape index (κ1) is 17.3. The van der Waals surface area contributed by atoms with Crippen LogP contribution in [0.25, 0.3) is 0 Å². The largest absolute Gasteiger partial charge is 0.480 e. The summed E-state index contributed by atoms with van der Waals surface area (Å²) in [6.45, 7) is 2.84. The van der Waals surface area contributed by atoms with E-state index in [2.05, 4.69) is 0 Å². The number of halogens is 4. The van der Waals surface area contributed by atoms with E-state index < -0.39 is 30.0 Å². The lowest BCUT2D eigenvalue weighted by molar-refractivity contribution is -0.172. The second-order valence-electron chi connectivity index (χ2n) is 4.68. The van der Waals surface area contributed by atoms with Gasteiger partial charge >= 0.3 is 18.1 Å². The molecule has 1 rings (SSSR count). The molecule has 0 aromatic heterocycles. The van der Waals surface area contributed by atoms with Crippen molar-refractivity contribution >= 4 is 29.2 Å². The molecule has 0 aliphatic rings. The molecule has 0 unspecified atom stereocenters. The summed E-state index contributed by atoms with van der Waals surface area (Å²) in [5, 5.41) is 9.42. The topological polar surface area (TPSA) is 57.6 Å². The zero-order valence-electron chi connectivity index (χ0n) is 11.2. The highest BCUT2D eigenvalue weighted by molar-refractivity contribution is 6.30. The molecule has 21 heavy (non-hydrogen) atoms. The molecule has 4 nitrogen and oxygen atoms in total. The highest BCUT2D eigenvalue weighted by Crippen LogP contribution is 2.29. The zero-order valence-corrected chi connectivity index (χ0v) is 11.9. The quantitative estimate of drug-likeness (QED) is 0.924. The summed E-state index contributed by atoms with van der Waals surface area (Å²) in [4.78, 5) is 23.1. The summed E-state index contributed by atoms with van der Waals surface area (Å²) in [5.74, 6) is -4.46. The third-order valence-corrected chi connectivity index (χ3v) is 2.98. The molecule has 1 aromatic carbocycles. The SMILES string of the molecule is CC(C)[C@@H](C(=O)O)N(C(=O)C(F)(F)F)c1ccc(Cl)cc1. The van der Waals surface area contributed by atoms with Gasteiger partial charge in [0.1, 0.15) is 6.04 Å². The lowest BCUT2D eigenvalue weighted by Crippen LogP contribution is -2.53. The zero-order chi connectivity index (χ0) is 16.4. The number of alkyl halides is 3. The second kappa shape index (κ2) is 6.34. The summed E-state index contributed by atoms with van der Waals surface area (Å²) in [6, 6.07) is 3.27. The van der Waals surface area contributed by atoms with Gasteiger partial charge in [-0.1, -0.05) is 25.4 Å². The molecule has 1 amide bonds. The number of carboxylic acids is 1. The first-order chi connectivity index (χ1) is 9.55. The van der Waals surface area contributed by atoms with Crippen molar-refractivity contribution in [2.24, 2.45) is 5.92 Å². The number of carbonyl (C=O) groups is 2. The van der Waals surface area contributed by atoms with Crippen LogP contribution >= 0.6 is 11.6 Å². The molecule has 8 heteroatoms. The molecule has 0 radical (unpaired) electrons. The van der Waals surface area contributed by atoms with Gasteiger partial charge in [-0.3, -0.25) is 9.69 Å². The van der Waals surface area contributed by atoms with Crippen molar-refractivity contribution in [2.45, 2.75) is 26.1 Å². The van der Waals surface area contributed by atoms with Gasteiger partial charge in [0.15, 0.2) is 0 Å². The van der Waals surface area contributed by atoms with Crippen LogP contribution in [0.4, 0.5) is 18.9 Å². The molecule has 0 saturated heterocycles. The Bertz CT molecular complexity index is 528.